The number of hydrogen-bond donors (Lipinski definition) is 1. The molecule has 0 saturated heterocycles. The van der Waals surface area contributed by atoms with Gasteiger partial charge < -0.3 is 14.8 Å². The molecule has 0 amide bonds. The minimum Gasteiger partial charge on any atom is -0.484 e. The Morgan fingerprint density at radius 1 is 1.40 bits per heavy atom. The molecule has 1 aliphatic carbocycles. The van der Waals surface area contributed by atoms with Crippen LogP contribution in [-0.4, -0.2) is 31.3 Å². The summed E-state index contributed by atoms with van der Waals surface area (Å²) in [5.41, 5.74) is 1.99. The number of methoxy groups -OCH3 is 1. The first-order valence-corrected chi connectivity index (χ1v) is 7.29. The summed E-state index contributed by atoms with van der Waals surface area (Å²) < 4.78 is 11.1. The van der Waals surface area contributed by atoms with E-state index in [0.717, 1.165) is 36.5 Å². The summed E-state index contributed by atoms with van der Waals surface area (Å²) in [7, 11) is 1.70. The van der Waals surface area contributed by atoms with Crippen LogP contribution in [0.1, 0.15) is 30.7 Å². The van der Waals surface area contributed by atoms with E-state index in [0.29, 0.717) is 13.2 Å². The molecule has 1 atom stereocenters. The van der Waals surface area contributed by atoms with Gasteiger partial charge in [0.2, 0.25) is 0 Å². The lowest BCUT2D eigenvalue weighted by Gasteiger charge is -2.20. The van der Waals surface area contributed by atoms with Crippen molar-refractivity contribution in [1.29, 1.82) is 0 Å². The van der Waals surface area contributed by atoms with Gasteiger partial charge in [0, 0.05) is 25.9 Å². The summed E-state index contributed by atoms with van der Waals surface area (Å²) in [6, 6.07) is 4.03. The van der Waals surface area contributed by atoms with Crippen molar-refractivity contribution in [3.8, 4) is 5.75 Å². The topological polar surface area (TPSA) is 43.4 Å². The van der Waals surface area contributed by atoms with E-state index in [2.05, 4.69) is 22.5 Å². The van der Waals surface area contributed by atoms with Gasteiger partial charge in [0.05, 0.1) is 12.3 Å². The number of aryl methyl sites for hydroxylation is 1. The molecular formula is C16H24N2O2. The molecule has 0 bridgehead atoms. The van der Waals surface area contributed by atoms with Gasteiger partial charge in [0.15, 0.2) is 0 Å². The van der Waals surface area contributed by atoms with E-state index < -0.39 is 0 Å². The van der Waals surface area contributed by atoms with Crippen LogP contribution in [0.2, 0.25) is 0 Å². The summed E-state index contributed by atoms with van der Waals surface area (Å²) in [5.74, 6) is 0.886. The molecule has 1 N–H and O–H groups in total. The fourth-order valence-electron chi connectivity index (χ4n) is 2.26. The van der Waals surface area contributed by atoms with Crippen molar-refractivity contribution in [1.82, 2.24) is 10.3 Å². The standard InChI is InChI=1S/C16H24N2O2/c1-13-8-9-16(20-14-6-4-3-5-7-14)15(18-13)12-17-10-11-19-2/h4,6,8-9,14,17H,3,5,7,10-12H2,1-2H3. The van der Waals surface area contributed by atoms with Crippen LogP contribution >= 0.6 is 0 Å². The second-order valence-corrected chi connectivity index (χ2v) is 5.08. The lowest BCUT2D eigenvalue weighted by molar-refractivity contribution is 0.198. The first-order chi connectivity index (χ1) is 9.79. The van der Waals surface area contributed by atoms with E-state index in [4.69, 9.17) is 9.47 Å². The SMILES string of the molecule is COCCNCc1nc(C)ccc1OC1C=CCCC1. The van der Waals surface area contributed by atoms with Gasteiger partial charge in [0.1, 0.15) is 11.9 Å². The van der Waals surface area contributed by atoms with E-state index in [1.807, 2.05) is 19.1 Å². The van der Waals surface area contributed by atoms with E-state index in [9.17, 15) is 0 Å². The Kier molecular flexibility index (Phi) is 6.02. The third-order valence-electron chi connectivity index (χ3n) is 3.34. The Morgan fingerprint density at radius 3 is 3.05 bits per heavy atom. The first kappa shape index (κ1) is 15.0. The van der Waals surface area contributed by atoms with Gasteiger partial charge in [0.25, 0.3) is 0 Å². The fourth-order valence-corrected chi connectivity index (χ4v) is 2.26. The van der Waals surface area contributed by atoms with E-state index in [1.54, 1.807) is 7.11 Å². The Hall–Kier alpha value is -1.39. The maximum Gasteiger partial charge on any atom is 0.143 e. The average molecular weight is 276 g/mol. The molecular weight excluding hydrogens is 252 g/mol. The Bertz CT molecular complexity index is 446. The highest BCUT2D eigenvalue weighted by Gasteiger charge is 2.13. The normalized spacial score (nSPS) is 18.2. The first-order valence-electron chi connectivity index (χ1n) is 7.29. The molecule has 0 saturated carbocycles. The Morgan fingerprint density at radius 2 is 2.30 bits per heavy atom. The van der Waals surface area contributed by atoms with Crippen molar-refractivity contribution >= 4 is 0 Å². The van der Waals surface area contributed by atoms with Gasteiger partial charge in [-0.1, -0.05) is 6.08 Å². The molecule has 1 aromatic heterocycles. The Balaban J connectivity index is 1.99. The zero-order valence-corrected chi connectivity index (χ0v) is 12.4. The van der Waals surface area contributed by atoms with Crippen molar-refractivity contribution in [2.45, 2.75) is 38.8 Å². The summed E-state index contributed by atoms with van der Waals surface area (Å²) in [5, 5.41) is 3.32. The zero-order chi connectivity index (χ0) is 14.2. The zero-order valence-electron chi connectivity index (χ0n) is 12.4. The van der Waals surface area contributed by atoms with Crippen LogP contribution in [-0.2, 0) is 11.3 Å². The maximum atomic E-state index is 6.08. The quantitative estimate of drug-likeness (QED) is 0.614. The van der Waals surface area contributed by atoms with Crippen molar-refractivity contribution in [2.24, 2.45) is 0 Å². The summed E-state index contributed by atoms with van der Waals surface area (Å²) >= 11 is 0. The number of pyridine rings is 1. The highest BCUT2D eigenvalue weighted by molar-refractivity contribution is 5.30. The van der Waals surface area contributed by atoms with Crippen LogP contribution < -0.4 is 10.1 Å². The van der Waals surface area contributed by atoms with Crippen molar-refractivity contribution < 1.29 is 9.47 Å². The van der Waals surface area contributed by atoms with Gasteiger partial charge >= 0.3 is 0 Å². The summed E-state index contributed by atoms with van der Waals surface area (Å²) in [6.07, 6.45) is 7.99. The molecule has 1 aromatic rings. The minimum atomic E-state index is 0.186. The lowest BCUT2D eigenvalue weighted by Crippen LogP contribution is -2.22. The number of rotatable bonds is 7. The van der Waals surface area contributed by atoms with Gasteiger partial charge in [-0.3, -0.25) is 4.98 Å². The highest BCUT2D eigenvalue weighted by atomic mass is 16.5. The molecule has 0 spiro atoms. The smallest absolute Gasteiger partial charge is 0.143 e. The third-order valence-corrected chi connectivity index (χ3v) is 3.34. The average Bonchev–Trinajstić information content (AvgIpc) is 2.47. The number of nitrogens with one attached hydrogen (secondary N) is 1. The van der Waals surface area contributed by atoms with E-state index >= 15 is 0 Å². The number of aromatic nitrogens is 1. The number of nitrogens with zero attached hydrogens (tertiary/aromatic N) is 1. The van der Waals surface area contributed by atoms with E-state index in [1.165, 1.54) is 6.42 Å². The van der Waals surface area contributed by atoms with Crippen LogP contribution in [0, 0.1) is 6.92 Å². The third kappa shape index (κ3) is 4.62. The minimum absolute atomic E-state index is 0.186. The predicted octanol–water partition coefficient (Wildman–Crippen LogP) is 2.61. The molecule has 0 fully saturated rings. The van der Waals surface area contributed by atoms with Crippen molar-refractivity contribution in [3.63, 3.8) is 0 Å². The highest BCUT2D eigenvalue weighted by Crippen LogP contribution is 2.22. The molecule has 4 nitrogen and oxygen atoms in total. The Labute approximate surface area is 121 Å². The molecule has 1 heterocycles. The molecule has 20 heavy (non-hydrogen) atoms. The molecule has 4 heteroatoms. The van der Waals surface area contributed by atoms with Gasteiger partial charge in [-0.25, -0.2) is 0 Å². The fraction of sp³-hybridized carbons (Fsp3) is 0.562. The van der Waals surface area contributed by atoms with Crippen molar-refractivity contribution in [2.75, 3.05) is 20.3 Å². The van der Waals surface area contributed by atoms with Crippen LogP contribution in [0.3, 0.4) is 0 Å². The van der Waals surface area contributed by atoms with Crippen LogP contribution in [0.4, 0.5) is 0 Å². The molecule has 2 rings (SSSR count). The second-order valence-electron chi connectivity index (χ2n) is 5.08. The maximum absolute atomic E-state index is 6.08. The van der Waals surface area contributed by atoms with Gasteiger partial charge in [-0.15, -0.1) is 0 Å². The largest absolute Gasteiger partial charge is 0.484 e. The number of ether oxygens (including phenoxy) is 2. The molecule has 0 aromatic carbocycles. The lowest BCUT2D eigenvalue weighted by atomic mass is 10.1. The van der Waals surface area contributed by atoms with Crippen molar-refractivity contribution in [3.05, 3.63) is 35.7 Å². The molecule has 0 radical (unpaired) electrons. The van der Waals surface area contributed by atoms with Gasteiger partial charge in [-0.05, 0) is 44.4 Å². The molecule has 1 aliphatic rings. The summed E-state index contributed by atoms with van der Waals surface area (Å²) in [4.78, 5) is 4.58. The molecule has 0 aliphatic heterocycles. The number of hydrogen-bond acceptors (Lipinski definition) is 4. The molecule has 110 valence electrons. The van der Waals surface area contributed by atoms with Crippen LogP contribution in [0.15, 0.2) is 24.3 Å². The van der Waals surface area contributed by atoms with E-state index in [-0.39, 0.29) is 6.10 Å². The molecule has 1 unspecified atom stereocenters. The monoisotopic (exact) mass is 276 g/mol. The summed E-state index contributed by atoms with van der Waals surface area (Å²) in [6.45, 7) is 4.22. The van der Waals surface area contributed by atoms with Gasteiger partial charge in [-0.2, -0.15) is 0 Å². The van der Waals surface area contributed by atoms with Crippen LogP contribution in [0.25, 0.3) is 0 Å². The second kappa shape index (κ2) is 8.02. The van der Waals surface area contributed by atoms with Crippen LogP contribution in [0.5, 0.6) is 5.75 Å². The number of allylic oxidation sites excluding steroid dienone is 1. The predicted molar refractivity (Wildman–Crippen MR) is 80.0 cm³/mol.